The number of amides is 1. The first-order chi connectivity index (χ1) is 7.33. The molecule has 0 saturated carbocycles. The summed E-state index contributed by atoms with van der Waals surface area (Å²) in [6.45, 7) is 1.61. The Morgan fingerprint density at radius 1 is 1.75 bits per heavy atom. The fourth-order valence-corrected chi connectivity index (χ4v) is 2.69. The Morgan fingerprint density at radius 2 is 2.38 bits per heavy atom. The van der Waals surface area contributed by atoms with Crippen LogP contribution in [0.4, 0.5) is 0 Å². The number of sulfonamides is 1. The molecule has 1 heterocycles. The Labute approximate surface area is 100 Å². The predicted octanol–water partition coefficient (Wildman–Crippen LogP) is -1.14. The summed E-state index contributed by atoms with van der Waals surface area (Å²) in [6, 6.07) is -0.138. The van der Waals surface area contributed by atoms with E-state index in [1.807, 2.05) is 0 Å². The molecule has 0 aromatic heterocycles. The standard InChI is InChI=1S/C8H15N3O3S2/c1-5(8(9)15)16(13,14)10-4-6-2-3-7(12)11-6/h5-6,10H,2-4H2,1H3,(H2,9,15)(H,11,12). The van der Waals surface area contributed by atoms with Gasteiger partial charge >= 0.3 is 0 Å². The van der Waals surface area contributed by atoms with Crippen LogP contribution in [0.15, 0.2) is 0 Å². The van der Waals surface area contributed by atoms with Gasteiger partial charge in [-0.05, 0) is 13.3 Å². The minimum absolute atomic E-state index is 0.0495. The minimum Gasteiger partial charge on any atom is -0.392 e. The van der Waals surface area contributed by atoms with Crippen LogP contribution in [0.3, 0.4) is 0 Å². The van der Waals surface area contributed by atoms with Crippen molar-refractivity contribution in [2.24, 2.45) is 5.73 Å². The molecule has 1 saturated heterocycles. The molecular weight excluding hydrogens is 250 g/mol. The Balaban J connectivity index is 2.48. The maximum Gasteiger partial charge on any atom is 0.220 e. The number of carbonyl (C=O) groups excluding carboxylic acids is 1. The van der Waals surface area contributed by atoms with Gasteiger partial charge in [0.05, 0.1) is 4.99 Å². The molecule has 92 valence electrons. The molecule has 8 heteroatoms. The van der Waals surface area contributed by atoms with Gasteiger partial charge in [-0.15, -0.1) is 0 Å². The number of nitrogens with two attached hydrogens (primary N) is 1. The third-order valence-corrected chi connectivity index (χ3v) is 4.74. The summed E-state index contributed by atoms with van der Waals surface area (Å²) in [5.41, 5.74) is 5.27. The summed E-state index contributed by atoms with van der Waals surface area (Å²) in [4.78, 5) is 10.8. The average Bonchev–Trinajstić information content (AvgIpc) is 2.60. The molecular formula is C8H15N3O3S2. The molecule has 2 unspecified atom stereocenters. The highest BCUT2D eigenvalue weighted by Crippen LogP contribution is 2.06. The van der Waals surface area contributed by atoms with Gasteiger partial charge in [-0.3, -0.25) is 4.79 Å². The van der Waals surface area contributed by atoms with Crippen LogP contribution < -0.4 is 15.8 Å². The third kappa shape index (κ3) is 3.39. The molecule has 0 bridgehead atoms. The molecule has 1 rings (SSSR count). The fraction of sp³-hybridized carbons (Fsp3) is 0.750. The van der Waals surface area contributed by atoms with Gasteiger partial charge < -0.3 is 11.1 Å². The topological polar surface area (TPSA) is 101 Å². The van der Waals surface area contributed by atoms with Crippen molar-refractivity contribution < 1.29 is 13.2 Å². The lowest BCUT2D eigenvalue weighted by Crippen LogP contribution is -2.44. The molecule has 4 N–H and O–H groups in total. The van der Waals surface area contributed by atoms with Crippen molar-refractivity contribution in [2.45, 2.75) is 31.1 Å². The Kier molecular flexibility index (Phi) is 4.22. The highest BCUT2D eigenvalue weighted by molar-refractivity contribution is 7.93. The summed E-state index contributed by atoms with van der Waals surface area (Å²) in [5.74, 6) is -0.0495. The first-order valence-electron chi connectivity index (χ1n) is 4.90. The van der Waals surface area contributed by atoms with Crippen molar-refractivity contribution >= 4 is 33.1 Å². The molecule has 6 nitrogen and oxygen atoms in total. The lowest BCUT2D eigenvalue weighted by Gasteiger charge is -2.15. The zero-order valence-electron chi connectivity index (χ0n) is 8.89. The fourth-order valence-electron chi connectivity index (χ4n) is 1.33. The van der Waals surface area contributed by atoms with Gasteiger partial charge in [-0.25, -0.2) is 13.1 Å². The van der Waals surface area contributed by atoms with Gasteiger partial charge in [0, 0.05) is 19.0 Å². The first kappa shape index (κ1) is 13.3. The number of hydrogen-bond acceptors (Lipinski definition) is 4. The van der Waals surface area contributed by atoms with E-state index in [4.69, 9.17) is 5.73 Å². The molecule has 1 fully saturated rings. The molecule has 0 radical (unpaired) electrons. The van der Waals surface area contributed by atoms with Crippen LogP contribution in [0.2, 0.25) is 0 Å². The number of hydrogen-bond donors (Lipinski definition) is 3. The van der Waals surface area contributed by atoms with Crippen molar-refractivity contribution in [3.05, 3.63) is 0 Å². The summed E-state index contributed by atoms with van der Waals surface area (Å²) >= 11 is 4.62. The van der Waals surface area contributed by atoms with Crippen molar-refractivity contribution in [2.75, 3.05) is 6.54 Å². The second kappa shape index (κ2) is 5.07. The Morgan fingerprint density at radius 3 is 2.81 bits per heavy atom. The van der Waals surface area contributed by atoms with E-state index in [9.17, 15) is 13.2 Å². The van der Waals surface area contributed by atoms with Gasteiger partial charge in [0.1, 0.15) is 5.25 Å². The Hall–Kier alpha value is -0.730. The highest BCUT2D eigenvalue weighted by Gasteiger charge is 2.26. The maximum atomic E-state index is 11.6. The molecule has 16 heavy (non-hydrogen) atoms. The van der Waals surface area contributed by atoms with Gasteiger partial charge in [0.2, 0.25) is 15.9 Å². The SMILES string of the molecule is CC(C(N)=S)S(=O)(=O)NCC1CCC(=O)N1. The smallest absolute Gasteiger partial charge is 0.220 e. The molecule has 0 aromatic carbocycles. The molecule has 2 atom stereocenters. The van der Waals surface area contributed by atoms with E-state index < -0.39 is 15.3 Å². The summed E-state index contributed by atoms with van der Waals surface area (Å²) < 4.78 is 25.6. The summed E-state index contributed by atoms with van der Waals surface area (Å²) in [5, 5.41) is 1.76. The molecule has 0 aromatic rings. The van der Waals surface area contributed by atoms with Crippen molar-refractivity contribution in [1.29, 1.82) is 0 Å². The lowest BCUT2D eigenvalue weighted by atomic mass is 10.2. The number of nitrogens with one attached hydrogen (secondary N) is 2. The van der Waals surface area contributed by atoms with Crippen molar-refractivity contribution in [1.82, 2.24) is 10.0 Å². The maximum absolute atomic E-state index is 11.6. The number of rotatable bonds is 5. The Bertz CT molecular complexity index is 393. The normalized spacial score (nSPS) is 22.8. The molecule has 0 spiro atoms. The monoisotopic (exact) mass is 265 g/mol. The molecule has 0 aliphatic carbocycles. The zero-order chi connectivity index (χ0) is 12.3. The van der Waals surface area contributed by atoms with E-state index in [-0.39, 0.29) is 23.5 Å². The van der Waals surface area contributed by atoms with Gasteiger partial charge in [-0.1, -0.05) is 12.2 Å². The van der Waals surface area contributed by atoms with E-state index in [1.54, 1.807) is 0 Å². The van der Waals surface area contributed by atoms with E-state index in [0.29, 0.717) is 12.8 Å². The van der Waals surface area contributed by atoms with Gasteiger partial charge in [0.25, 0.3) is 0 Å². The third-order valence-electron chi connectivity index (χ3n) is 2.48. The largest absolute Gasteiger partial charge is 0.392 e. The van der Waals surface area contributed by atoms with Crippen molar-refractivity contribution in [3.8, 4) is 0 Å². The van der Waals surface area contributed by atoms with E-state index in [1.165, 1.54) is 6.92 Å². The lowest BCUT2D eigenvalue weighted by molar-refractivity contribution is -0.119. The van der Waals surface area contributed by atoms with Crippen LogP contribution in [0, 0.1) is 0 Å². The van der Waals surface area contributed by atoms with Crippen LogP contribution in [-0.4, -0.2) is 37.2 Å². The zero-order valence-corrected chi connectivity index (χ0v) is 10.5. The second-order valence-electron chi connectivity index (χ2n) is 3.74. The first-order valence-corrected chi connectivity index (χ1v) is 6.85. The van der Waals surface area contributed by atoms with Crippen LogP contribution in [0.25, 0.3) is 0 Å². The van der Waals surface area contributed by atoms with Gasteiger partial charge in [-0.2, -0.15) is 0 Å². The second-order valence-corrected chi connectivity index (χ2v) is 6.30. The van der Waals surface area contributed by atoms with Crippen LogP contribution in [0.5, 0.6) is 0 Å². The van der Waals surface area contributed by atoms with Crippen LogP contribution >= 0.6 is 12.2 Å². The van der Waals surface area contributed by atoms with Gasteiger partial charge in [0.15, 0.2) is 0 Å². The minimum atomic E-state index is -3.53. The average molecular weight is 265 g/mol. The molecule has 1 aliphatic rings. The van der Waals surface area contributed by atoms with E-state index >= 15 is 0 Å². The highest BCUT2D eigenvalue weighted by atomic mass is 32.2. The van der Waals surface area contributed by atoms with Crippen molar-refractivity contribution in [3.63, 3.8) is 0 Å². The summed E-state index contributed by atoms with van der Waals surface area (Å²) in [6.07, 6.45) is 1.08. The number of carbonyl (C=O) groups is 1. The molecule has 1 amide bonds. The van der Waals surface area contributed by atoms with E-state index in [2.05, 4.69) is 22.3 Å². The predicted molar refractivity (Wildman–Crippen MR) is 64.3 cm³/mol. The van der Waals surface area contributed by atoms with Crippen LogP contribution in [0.1, 0.15) is 19.8 Å². The van der Waals surface area contributed by atoms with Crippen LogP contribution in [-0.2, 0) is 14.8 Å². The number of thiocarbonyl (C=S) groups is 1. The molecule has 1 aliphatic heterocycles. The quantitative estimate of drug-likeness (QED) is 0.545. The summed E-state index contributed by atoms with van der Waals surface area (Å²) in [7, 11) is -3.53. The van der Waals surface area contributed by atoms with E-state index in [0.717, 1.165) is 0 Å².